The van der Waals surface area contributed by atoms with Crippen molar-refractivity contribution in [3.63, 3.8) is 0 Å². The molecule has 0 spiro atoms. The van der Waals surface area contributed by atoms with Gasteiger partial charge >= 0.3 is 0 Å². The highest BCUT2D eigenvalue weighted by Crippen LogP contribution is 2.35. The first-order valence-electron chi connectivity index (χ1n) is 6.06. The molecule has 3 nitrogen and oxygen atoms in total. The van der Waals surface area contributed by atoms with Gasteiger partial charge in [-0.05, 0) is 18.4 Å². The number of nitrogen functional groups attached to an aromatic ring is 1. The second kappa shape index (κ2) is 4.98. The van der Waals surface area contributed by atoms with Gasteiger partial charge in [0.1, 0.15) is 4.88 Å². The molecular weight excluding hydrogens is 244 g/mol. The van der Waals surface area contributed by atoms with Gasteiger partial charge in [-0.15, -0.1) is 11.3 Å². The van der Waals surface area contributed by atoms with Crippen LogP contribution in [-0.4, -0.2) is 12.5 Å². The summed E-state index contributed by atoms with van der Waals surface area (Å²) in [5.74, 6) is 0.369. The molecule has 2 aromatic rings. The lowest BCUT2D eigenvalue weighted by Gasteiger charge is -2.06. The van der Waals surface area contributed by atoms with Crippen LogP contribution in [0.3, 0.4) is 0 Å². The summed E-state index contributed by atoms with van der Waals surface area (Å²) in [6.45, 7) is 6.84. The van der Waals surface area contributed by atoms with Crippen LogP contribution >= 0.6 is 11.3 Å². The molecule has 3 N–H and O–H groups in total. The molecule has 1 heterocycles. The van der Waals surface area contributed by atoms with E-state index in [0.717, 1.165) is 15.6 Å². The van der Waals surface area contributed by atoms with E-state index in [1.54, 1.807) is 0 Å². The normalized spacial score (nSPS) is 11.1. The number of amides is 1. The minimum Gasteiger partial charge on any atom is -0.397 e. The Labute approximate surface area is 111 Å². The number of benzene rings is 1. The average Bonchev–Trinajstić information content (AvgIpc) is 2.66. The molecule has 4 heteroatoms. The van der Waals surface area contributed by atoms with Crippen molar-refractivity contribution in [1.82, 2.24) is 5.32 Å². The quantitative estimate of drug-likeness (QED) is 0.892. The molecule has 0 atom stereocenters. The molecule has 1 amide bonds. The number of rotatable bonds is 3. The maximum Gasteiger partial charge on any atom is 0.263 e. The van der Waals surface area contributed by atoms with Gasteiger partial charge < -0.3 is 11.1 Å². The average molecular weight is 262 g/mol. The molecule has 0 fully saturated rings. The van der Waals surface area contributed by atoms with Gasteiger partial charge in [-0.3, -0.25) is 4.79 Å². The highest BCUT2D eigenvalue weighted by atomic mass is 32.1. The Balaban J connectivity index is 2.37. The first-order chi connectivity index (χ1) is 8.50. The number of carbonyl (C=O) groups is 1. The maximum absolute atomic E-state index is 12.1. The van der Waals surface area contributed by atoms with E-state index in [9.17, 15) is 4.79 Å². The highest BCUT2D eigenvalue weighted by molar-refractivity contribution is 7.21. The van der Waals surface area contributed by atoms with Crippen LogP contribution in [0.2, 0.25) is 0 Å². The molecule has 2 rings (SSSR count). The topological polar surface area (TPSA) is 55.1 Å². The van der Waals surface area contributed by atoms with Crippen molar-refractivity contribution in [3.05, 3.63) is 28.6 Å². The van der Waals surface area contributed by atoms with E-state index in [0.29, 0.717) is 23.0 Å². The summed E-state index contributed by atoms with van der Waals surface area (Å²) < 4.78 is 1.10. The SMILES string of the molecule is Cc1cccc2c(N)c(C(=O)NCC(C)C)sc12. The molecule has 0 saturated carbocycles. The zero-order valence-corrected chi connectivity index (χ0v) is 11.7. The molecule has 0 aliphatic heterocycles. The van der Waals surface area contributed by atoms with Crippen LogP contribution in [-0.2, 0) is 0 Å². The predicted molar refractivity (Wildman–Crippen MR) is 78.1 cm³/mol. The van der Waals surface area contributed by atoms with E-state index in [1.165, 1.54) is 11.3 Å². The van der Waals surface area contributed by atoms with Crippen molar-refractivity contribution in [1.29, 1.82) is 0 Å². The number of fused-ring (bicyclic) bond motifs is 1. The third-order valence-electron chi connectivity index (χ3n) is 2.83. The van der Waals surface area contributed by atoms with Gasteiger partial charge in [0.25, 0.3) is 5.91 Å². The smallest absolute Gasteiger partial charge is 0.263 e. The molecule has 1 aromatic carbocycles. The van der Waals surface area contributed by atoms with Crippen LogP contribution in [0.25, 0.3) is 10.1 Å². The first-order valence-corrected chi connectivity index (χ1v) is 6.88. The summed E-state index contributed by atoms with van der Waals surface area (Å²) in [6.07, 6.45) is 0. The summed E-state index contributed by atoms with van der Waals surface area (Å²) in [4.78, 5) is 12.7. The number of hydrogen-bond donors (Lipinski definition) is 2. The molecule has 1 aromatic heterocycles. The van der Waals surface area contributed by atoms with Gasteiger partial charge in [0.2, 0.25) is 0 Å². The summed E-state index contributed by atoms with van der Waals surface area (Å²) in [6, 6.07) is 5.97. The Morgan fingerprint density at radius 2 is 2.17 bits per heavy atom. The van der Waals surface area contributed by atoms with Crippen molar-refractivity contribution in [3.8, 4) is 0 Å². The third kappa shape index (κ3) is 2.34. The van der Waals surface area contributed by atoms with Crippen molar-refractivity contribution in [2.45, 2.75) is 20.8 Å². The van der Waals surface area contributed by atoms with Crippen LogP contribution in [0.1, 0.15) is 29.1 Å². The van der Waals surface area contributed by atoms with Gasteiger partial charge in [-0.2, -0.15) is 0 Å². The summed E-state index contributed by atoms with van der Waals surface area (Å²) >= 11 is 1.47. The lowest BCUT2D eigenvalue weighted by atomic mass is 10.1. The fourth-order valence-corrected chi connectivity index (χ4v) is 2.93. The standard InChI is InChI=1S/C14H18N2OS/c1-8(2)7-16-14(17)13-11(15)10-6-4-5-9(3)12(10)18-13/h4-6,8H,7,15H2,1-3H3,(H,16,17). The van der Waals surface area contributed by atoms with E-state index < -0.39 is 0 Å². The number of anilines is 1. The Morgan fingerprint density at radius 1 is 1.44 bits per heavy atom. The third-order valence-corrected chi connectivity index (χ3v) is 4.18. The number of aryl methyl sites for hydroxylation is 1. The minimum absolute atomic E-state index is 0.0678. The Kier molecular flexibility index (Phi) is 3.57. The molecular formula is C14H18N2OS. The maximum atomic E-state index is 12.1. The van der Waals surface area contributed by atoms with E-state index in [4.69, 9.17) is 5.73 Å². The fraction of sp³-hybridized carbons (Fsp3) is 0.357. The zero-order valence-electron chi connectivity index (χ0n) is 10.9. The molecule has 0 bridgehead atoms. The number of hydrogen-bond acceptors (Lipinski definition) is 3. The van der Waals surface area contributed by atoms with E-state index in [-0.39, 0.29) is 5.91 Å². The number of nitrogens with two attached hydrogens (primary N) is 1. The molecule has 0 saturated heterocycles. The highest BCUT2D eigenvalue weighted by Gasteiger charge is 2.16. The number of thiophene rings is 1. The Hall–Kier alpha value is -1.55. The zero-order chi connectivity index (χ0) is 13.3. The van der Waals surface area contributed by atoms with Crippen LogP contribution in [0.5, 0.6) is 0 Å². The van der Waals surface area contributed by atoms with E-state index in [1.807, 2.05) is 25.1 Å². The van der Waals surface area contributed by atoms with Crippen LogP contribution in [0.4, 0.5) is 5.69 Å². The van der Waals surface area contributed by atoms with Crippen molar-refractivity contribution < 1.29 is 4.79 Å². The largest absolute Gasteiger partial charge is 0.397 e. The molecule has 0 radical (unpaired) electrons. The molecule has 96 valence electrons. The van der Waals surface area contributed by atoms with Crippen LogP contribution < -0.4 is 11.1 Å². The van der Waals surface area contributed by atoms with E-state index in [2.05, 4.69) is 19.2 Å². The van der Waals surface area contributed by atoms with Gasteiger partial charge in [-0.1, -0.05) is 32.0 Å². The molecule has 0 aliphatic rings. The van der Waals surface area contributed by atoms with Crippen molar-refractivity contribution in [2.24, 2.45) is 5.92 Å². The van der Waals surface area contributed by atoms with Crippen LogP contribution in [0, 0.1) is 12.8 Å². The van der Waals surface area contributed by atoms with Gasteiger partial charge in [0.05, 0.1) is 5.69 Å². The van der Waals surface area contributed by atoms with Gasteiger partial charge in [-0.25, -0.2) is 0 Å². The summed E-state index contributed by atoms with van der Waals surface area (Å²) in [5, 5.41) is 3.89. The van der Waals surface area contributed by atoms with Crippen molar-refractivity contribution in [2.75, 3.05) is 12.3 Å². The van der Waals surface area contributed by atoms with Gasteiger partial charge in [0, 0.05) is 16.6 Å². The molecule has 0 unspecified atom stereocenters. The van der Waals surface area contributed by atoms with Crippen molar-refractivity contribution >= 4 is 33.0 Å². The Bertz CT molecular complexity index is 587. The summed E-state index contributed by atoms with van der Waals surface area (Å²) in [5.41, 5.74) is 7.82. The second-order valence-corrected chi connectivity index (χ2v) is 5.92. The van der Waals surface area contributed by atoms with Gasteiger partial charge in [0.15, 0.2) is 0 Å². The second-order valence-electron chi connectivity index (χ2n) is 4.90. The predicted octanol–water partition coefficient (Wildman–Crippen LogP) is 3.18. The first kappa shape index (κ1) is 12.9. The molecule has 18 heavy (non-hydrogen) atoms. The number of carbonyl (C=O) groups excluding carboxylic acids is 1. The monoisotopic (exact) mass is 262 g/mol. The minimum atomic E-state index is -0.0678. The van der Waals surface area contributed by atoms with Crippen LogP contribution in [0.15, 0.2) is 18.2 Å². The molecule has 0 aliphatic carbocycles. The number of nitrogens with one attached hydrogen (secondary N) is 1. The lowest BCUT2D eigenvalue weighted by Crippen LogP contribution is -2.27. The lowest BCUT2D eigenvalue weighted by molar-refractivity contribution is 0.0954. The Morgan fingerprint density at radius 3 is 2.78 bits per heavy atom. The fourth-order valence-electron chi connectivity index (χ4n) is 1.83. The van der Waals surface area contributed by atoms with E-state index >= 15 is 0 Å². The summed E-state index contributed by atoms with van der Waals surface area (Å²) in [7, 11) is 0.